The van der Waals surface area contributed by atoms with E-state index in [2.05, 4.69) is 191 Å². The molecule has 2 aromatic heterocycles. The highest BCUT2D eigenvalue weighted by atomic mass is 15.3. The van der Waals surface area contributed by atoms with Gasteiger partial charge in [-0.2, -0.15) is 0 Å². The lowest BCUT2D eigenvalue weighted by Crippen LogP contribution is -2.14. The fourth-order valence-electron chi connectivity index (χ4n) is 9.00. The molecule has 0 fully saturated rings. The van der Waals surface area contributed by atoms with E-state index in [1.165, 1.54) is 66.3 Å². The second-order valence-electron chi connectivity index (χ2n) is 15.5. The minimum Gasteiger partial charge on any atom is -0.309 e. The van der Waals surface area contributed by atoms with Gasteiger partial charge in [-0.25, -0.2) is 0 Å². The summed E-state index contributed by atoms with van der Waals surface area (Å²) in [6.45, 7) is 4.68. The number of hydrogen-bond donors (Lipinski definition) is 0. The summed E-state index contributed by atoms with van der Waals surface area (Å²) >= 11 is 0. The van der Waals surface area contributed by atoms with E-state index < -0.39 is 0 Å². The molecular formula is C53H38N4. The SMILES string of the molecule is CC1(C)c2ccccc2-c2ccc(-c3ccc(-c4ccc5c6ccccc6n(-c6ccc(-n7c(-c8ccccc8)nnc7-c7ccccc7)cc6)c5c4)cc3)cc21. The number of nitrogens with zero attached hydrogens (tertiary/aromatic N) is 4. The van der Waals surface area contributed by atoms with Crippen molar-refractivity contribution < 1.29 is 0 Å². The van der Waals surface area contributed by atoms with Gasteiger partial charge < -0.3 is 4.57 Å². The summed E-state index contributed by atoms with van der Waals surface area (Å²) in [5.41, 5.74) is 16.8. The second kappa shape index (κ2) is 12.9. The van der Waals surface area contributed by atoms with Crippen LogP contribution in [-0.4, -0.2) is 19.3 Å². The number of hydrogen-bond acceptors (Lipinski definition) is 2. The van der Waals surface area contributed by atoms with Crippen LogP contribution in [0.4, 0.5) is 0 Å². The Bertz CT molecular complexity index is 3060. The van der Waals surface area contributed by atoms with E-state index in [4.69, 9.17) is 0 Å². The topological polar surface area (TPSA) is 35.6 Å². The van der Waals surface area contributed by atoms with Crippen LogP contribution in [0.1, 0.15) is 25.0 Å². The highest BCUT2D eigenvalue weighted by molar-refractivity contribution is 6.10. The van der Waals surface area contributed by atoms with Crippen LogP contribution in [0.2, 0.25) is 0 Å². The van der Waals surface area contributed by atoms with Crippen LogP contribution in [0, 0.1) is 0 Å². The standard InChI is InChI=1S/C53H38N4/c1-53(2)47-19-11-9-17-43(47)44-31-25-39(33-48(44)53)35-21-23-36(24-22-35)40-26-32-46-45-18-10-12-20-49(45)56(50(46)34-40)41-27-29-42(30-28-41)57-51(37-13-5-3-6-14-37)54-55-52(57)38-15-7-4-8-16-38/h3-34H,1-2H3. The molecule has 0 spiro atoms. The molecule has 4 nitrogen and oxygen atoms in total. The van der Waals surface area contributed by atoms with E-state index in [1.54, 1.807) is 0 Å². The first kappa shape index (κ1) is 33.1. The molecule has 11 rings (SSSR count). The molecule has 0 unspecified atom stereocenters. The van der Waals surface area contributed by atoms with Crippen molar-refractivity contribution in [3.63, 3.8) is 0 Å². The van der Waals surface area contributed by atoms with Crippen molar-refractivity contribution in [1.82, 2.24) is 19.3 Å². The zero-order valence-corrected chi connectivity index (χ0v) is 31.8. The van der Waals surface area contributed by atoms with Gasteiger partial charge in [0.15, 0.2) is 11.6 Å². The molecule has 0 aliphatic heterocycles. The van der Waals surface area contributed by atoms with E-state index in [-0.39, 0.29) is 5.41 Å². The highest BCUT2D eigenvalue weighted by Crippen LogP contribution is 2.49. The van der Waals surface area contributed by atoms with Crippen LogP contribution >= 0.6 is 0 Å². The smallest absolute Gasteiger partial charge is 0.168 e. The molecule has 0 saturated heterocycles. The molecule has 57 heavy (non-hydrogen) atoms. The van der Waals surface area contributed by atoms with Gasteiger partial charge in [-0.05, 0) is 87.0 Å². The van der Waals surface area contributed by atoms with Crippen LogP contribution in [0.15, 0.2) is 194 Å². The molecular weight excluding hydrogens is 693 g/mol. The molecule has 0 radical (unpaired) electrons. The van der Waals surface area contributed by atoms with Gasteiger partial charge in [0.1, 0.15) is 0 Å². The third-order valence-corrected chi connectivity index (χ3v) is 11.9. The Kier molecular flexibility index (Phi) is 7.48. The van der Waals surface area contributed by atoms with Crippen LogP contribution in [0.3, 0.4) is 0 Å². The first-order valence-corrected chi connectivity index (χ1v) is 19.6. The Morgan fingerprint density at radius 3 is 1.51 bits per heavy atom. The van der Waals surface area contributed by atoms with E-state index >= 15 is 0 Å². The Morgan fingerprint density at radius 2 is 0.842 bits per heavy atom. The average molecular weight is 731 g/mol. The molecule has 0 atom stereocenters. The van der Waals surface area contributed by atoms with Gasteiger partial charge in [-0.3, -0.25) is 4.57 Å². The monoisotopic (exact) mass is 730 g/mol. The molecule has 4 heteroatoms. The molecule has 1 aliphatic rings. The predicted octanol–water partition coefficient (Wildman–Crippen LogP) is 13.3. The fraction of sp³-hybridized carbons (Fsp3) is 0.0566. The summed E-state index contributed by atoms with van der Waals surface area (Å²) < 4.78 is 4.55. The Labute approximate surface area is 332 Å². The third kappa shape index (κ3) is 5.29. The van der Waals surface area contributed by atoms with E-state index in [1.807, 2.05) is 36.4 Å². The van der Waals surface area contributed by atoms with Gasteiger partial charge in [-0.1, -0.05) is 166 Å². The molecule has 0 amide bonds. The quantitative estimate of drug-likeness (QED) is 0.171. The van der Waals surface area contributed by atoms with Gasteiger partial charge in [0.25, 0.3) is 0 Å². The molecule has 0 bridgehead atoms. The van der Waals surface area contributed by atoms with Gasteiger partial charge in [-0.15, -0.1) is 10.2 Å². The van der Waals surface area contributed by atoms with Crippen LogP contribution in [-0.2, 0) is 5.41 Å². The van der Waals surface area contributed by atoms with Gasteiger partial charge in [0, 0.05) is 38.7 Å². The molecule has 0 saturated carbocycles. The second-order valence-corrected chi connectivity index (χ2v) is 15.5. The van der Waals surface area contributed by atoms with Crippen molar-refractivity contribution >= 4 is 21.8 Å². The number of fused-ring (bicyclic) bond motifs is 6. The van der Waals surface area contributed by atoms with Crippen LogP contribution in [0.5, 0.6) is 0 Å². The van der Waals surface area contributed by atoms with Crippen molar-refractivity contribution in [2.24, 2.45) is 0 Å². The van der Waals surface area contributed by atoms with E-state index in [0.29, 0.717) is 0 Å². The lowest BCUT2D eigenvalue weighted by molar-refractivity contribution is 0.660. The summed E-state index contributed by atoms with van der Waals surface area (Å²) in [5, 5.41) is 11.8. The van der Waals surface area contributed by atoms with Gasteiger partial charge in [0.05, 0.1) is 11.0 Å². The highest BCUT2D eigenvalue weighted by Gasteiger charge is 2.35. The van der Waals surface area contributed by atoms with Crippen molar-refractivity contribution in [3.05, 3.63) is 205 Å². The van der Waals surface area contributed by atoms with Crippen molar-refractivity contribution in [1.29, 1.82) is 0 Å². The lowest BCUT2D eigenvalue weighted by atomic mass is 9.81. The Morgan fingerprint density at radius 1 is 0.351 bits per heavy atom. The fourth-order valence-corrected chi connectivity index (χ4v) is 9.00. The molecule has 1 aliphatic carbocycles. The maximum absolute atomic E-state index is 4.69. The third-order valence-electron chi connectivity index (χ3n) is 11.9. The normalized spacial score (nSPS) is 12.9. The van der Waals surface area contributed by atoms with Crippen molar-refractivity contribution in [2.75, 3.05) is 0 Å². The number of para-hydroxylation sites is 1. The number of aromatic nitrogens is 4. The first-order valence-electron chi connectivity index (χ1n) is 19.6. The Hall–Kier alpha value is -7.30. The molecule has 8 aromatic carbocycles. The summed E-state index contributed by atoms with van der Waals surface area (Å²) in [7, 11) is 0. The summed E-state index contributed by atoms with van der Waals surface area (Å²) in [6.07, 6.45) is 0. The lowest BCUT2D eigenvalue weighted by Gasteiger charge is -2.22. The van der Waals surface area contributed by atoms with E-state index in [9.17, 15) is 0 Å². The first-order chi connectivity index (χ1) is 28.0. The molecule has 270 valence electrons. The zero-order chi connectivity index (χ0) is 38.1. The largest absolute Gasteiger partial charge is 0.309 e. The van der Waals surface area contributed by atoms with E-state index in [0.717, 1.165) is 34.2 Å². The average Bonchev–Trinajstić information content (AvgIpc) is 3.93. The van der Waals surface area contributed by atoms with Crippen LogP contribution in [0.25, 0.3) is 89.3 Å². The minimum absolute atomic E-state index is 0.0248. The van der Waals surface area contributed by atoms with Gasteiger partial charge in [0.2, 0.25) is 0 Å². The van der Waals surface area contributed by atoms with Crippen molar-refractivity contribution in [3.8, 4) is 67.5 Å². The summed E-state index contributed by atoms with van der Waals surface area (Å²) in [6, 6.07) is 69.8. The predicted molar refractivity (Wildman–Crippen MR) is 235 cm³/mol. The zero-order valence-electron chi connectivity index (χ0n) is 31.8. The summed E-state index contributed by atoms with van der Waals surface area (Å²) in [4.78, 5) is 0. The van der Waals surface area contributed by atoms with Crippen molar-refractivity contribution in [2.45, 2.75) is 19.3 Å². The maximum atomic E-state index is 4.69. The molecule has 0 N–H and O–H groups in total. The summed E-state index contributed by atoms with van der Waals surface area (Å²) in [5.74, 6) is 1.61. The molecule has 10 aromatic rings. The minimum atomic E-state index is -0.0248. The number of rotatable bonds is 6. The number of benzene rings is 8. The van der Waals surface area contributed by atoms with Gasteiger partial charge >= 0.3 is 0 Å². The molecule has 2 heterocycles. The van der Waals surface area contributed by atoms with Crippen LogP contribution < -0.4 is 0 Å². The Balaban J connectivity index is 0.973. The maximum Gasteiger partial charge on any atom is 0.168 e.